The fourth-order valence-electron chi connectivity index (χ4n) is 2.91. The number of rotatable bonds is 9. The van der Waals surface area contributed by atoms with Crippen LogP contribution in [0.5, 0.6) is 0 Å². The van der Waals surface area contributed by atoms with E-state index in [9.17, 15) is 24.3 Å². The molecule has 2 N–H and O–H groups in total. The van der Waals surface area contributed by atoms with Gasteiger partial charge in [0.1, 0.15) is 5.25 Å². The Kier molecular flexibility index (Phi) is 8.86. The molecular formula is C25H21NO5S2. The molecule has 0 aliphatic rings. The number of carbonyl (C=O) groups is 4. The fraction of sp³-hybridized carbons (Fsp3) is 0.120. The molecule has 0 aliphatic carbocycles. The van der Waals surface area contributed by atoms with Crippen molar-refractivity contribution in [3.8, 4) is 0 Å². The minimum Gasteiger partial charge on any atom is -0.479 e. The average Bonchev–Trinajstić information content (AvgIpc) is 2.86. The van der Waals surface area contributed by atoms with Crippen LogP contribution < -0.4 is 5.32 Å². The Morgan fingerprint density at radius 1 is 0.727 bits per heavy atom. The maximum Gasteiger partial charge on any atom is 0.330 e. The van der Waals surface area contributed by atoms with Gasteiger partial charge in [-0.1, -0.05) is 115 Å². The summed E-state index contributed by atoms with van der Waals surface area (Å²) in [4.78, 5) is 50.1. The van der Waals surface area contributed by atoms with Crippen molar-refractivity contribution in [2.24, 2.45) is 0 Å². The maximum absolute atomic E-state index is 13.1. The van der Waals surface area contributed by atoms with Crippen LogP contribution in [-0.2, 0) is 9.59 Å². The third kappa shape index (κ3) is 7.06. The second-order valence-electron chi connectivity index (χ2n) is 6.91. The van der Waals surface area contributed by atoms with Crippen LogP contribution in [0.1, 0.15) is 32.3 Å². The molecule has 0 saturated heterocycles. The Bertz CT molecular complexity index is 1110. The molecule has 0 saturated carbocycles. The van der Waals surface area contributed by atoms with Gasteiger partial charge in [-0.05, 0) is 5.56 Å². The van der Waals surface area contributed by atoms with Crippen LogP contribution in [0.25, 0.3) is 0 Å². The van der Waals surface area contributed by atoms with E-state index in [1.165, 1.54) is 0 Å². The van der Waals surface area contributed by atoms with Crippen LogP contribution in [0.4, 0.5) is 0 Å². The first-order valence-electron chi connectivity index (χ1n) is 10.0. The van der Waals surface area contributed by atoms with Crippen LogP contribution in [0.2, 0.25) is 0 Å². The van der Waals surface area contributed by atoms with Crippen molar-refractivity contribution in [2.45, 2.75) is 11.3 Å². The monoisotopic (exact) mass is 479 g/mol. The number of thioether (sulfide) groups is 2. The molecule has 0 spiro atoms. The Labute approximate surface area is 199 Å². The van der Waals surface area contributed by atoms with Crippen LogP contribution in [0, 0.1) is 0 Å². The fourth-order valence-corrected chi connectivity index (χ4v) is 4.85. The van der Waals surface area contributed by atoms with Crippen molar-refractivity contribution in [1.82, 2.24) is 5.32 Å². The van der Waals surface area contributed by atoms with Gasteiger partial charge in [-0.3, -0.25) is 14.4 Å². The number of aliphatic carboxylic acids is 1. The molecule has 0 radical (unpaired) electrons. The highest BCUT2D eigenvalue weighted by molar-refractivity contribution is 8.18. The van der Waals surface area contributed by atoms with E-state index in [4.69, 9.17) is 0 Å². The van der Waals surface area contributed by atoms with Gasteiger partial charge in [-0.15, -0.1) is 0 Å². The van der Waals surface area contributed by atoms with E-state index in [1.54, 1.807) is 91.0 Å². The highest BCUT2D eigenvalue weighted by Crippen LogP contribution is 2.25. The molecule has 2 atom stereocenters. The summed E-state index contributed by atoms with van der Waals surface area (Å²) < 4.78 is 0. The van der Waals surface area contributed by atoms with E-state index >= 15 is 0 Å². The van der Waals surface area contributed by atoms with E-state index < -0.39 is 23.2 Å². The molecule has 33 heavy (non-hydrogen) atoms. The Balaban J connectivity index is 1.77. The van der Waals surface area contributed by atoms with E-state index in [0.717, 1.165) is 23.5 Å². The minimum absolute atomic E-state index is 0.00390. The third-order valence-corrected chi connectivity index (χ3v) is 6.92. The number of nitrogens with one attached hydrogen (secondary N) is 1. The largest absolute Gasteiger partial charge is 0.479 e. The van der Waals surface area contributed by atoms with Gasteiger partial charge >= 0.3 is 5.97 Å². The number of amides is 1. The number of carboxylic acid groups (broad SMARTS) is 1. The minimum atomic E-state index is -1.27. The number of carbonyl (C=O) groups excluding carboxylic acids is 3. The normalized spacial score (nSPS) is 12.4. The van der Waals surface area contributed by atoms with E-state index in [-0.39, 0.29) is 16.0 Å². The molecule has 3 rings (SSSR count). The molecule has 0 aliphatic heterocycles. The quantitative estimate of drug-likeness (QED) is 0.468. The van der Waals surface area contributed by atoms with Crippen LogP contribution in [-0.4, -0.2) is 38.2 Å². The second-order valence-corrected chi connectivity index (χ2v) is 9.08. The topological polar surface area (TPSA) is 101 Å². The van der Waals surface area contributed by atoms with Gasteiger partial charge in [0.05, 0.1) is 0 Å². The Morgan fingerprint density at radius 3 is 1.73 bits per heavy atom. The molecule has 0 bridgehead atoms. The standard InChI is InChI=1S/C25H21NO5S2/c27-22(26-21(23(28)29)17-10-4-1-5-11-17)20(33-25(31)19-14-8-3-9-15-19)16-32-24(30)18-12-6-2-7-13-18/h1-15,20-21H,16H2,(H,26,27)(H,28,29). The highest BCUT2D eigenvalue weighted by Gasteiger charge is 2.29. The van der Waals surface area contributed by atoms with Gasteiger partial charge in [0.25, 0.3) is 0 Å². The first-order valence-corrected chi connectivity index (χ1v) is 11.9. The van der Waals surface area contributed by atoms with Gasteiger partial charge in [0, 0.05) is 16.9 Å². The molecule has 1 amide bonds. The van der Waals surface area contributed by atoms with Crippen molar-refractivity contribution in [3.05, 3.63) is 108 Å². The van der Waals surface area contributed by atoms with Crippen molar-refractivity contribution in [2.75, 3.05) is 5.75 Å². The first kappa shape index (κ1) is 24.3. The lowest BCUT2D eigenvalue weighted by molar-refractivity contribution is -0.141. The van der Waals surface area contributed by atoms with Gasteiger partial charge in [-0.25, -0.2) is 4.79 Å². The van der Waals surface area contributed by atoms with E-state index in [2.05, 4.69) is 5.32 Å². The maximum atomic E-state index is 13.1. The molecule has 0 heterocycles. The van der Waals surface area contributed by atoms with Crippen LogP contribution in [0.15, 0.2) is 91.0 Å². The van der Waals surface area contributed by atoms with E-state index in [0.29, 0.717) is 16.7 Å². The average molecular weight is 480 g/mol. The van der Waals surface area contributed by atoms with Gasteiger partial charge in [-0.2, -0.15) is 0 Å². The summed E-state index contributed by atoms with van der Waals surface area (Å²) in [6, 6.07) is 24.1. The molecule has 0 aromatic heterocycles. The summed E-state index contributed by atoms with van der Waals surface area (Å²) in [5.74, 6) is -1.85. The first-order chi connectivity index (χ1) is 16.0. The predicted octanol–water partition coefficient (Wildman–Crippen LogP) is 4.44. The Morgan fingerprint density at radius 2 is 1.21 bits per heavy atom. The summed E-state index contributed by atoms with van der Waals surface area (Å²) in [5.41, 5.74) is 1.30. The SMILES string of the molecule is O=C(SCC(SC(=O)c1ccccc1)C(=O)NC(C(=O)O)c1ccccc1)c1ccccc1. The molecule has 0 fully saturated rings. The van der Waals surface area contributed by atoms with Gasteiger partial charge < -0.3 is 10.4 Å². The molecule has 3 aromatic rings. The summed E-state index contributed by atoms with van der Waals surface area (Å²) in [7, 11) is 0. The zero-order valence-corrected chi connectivity index (χ0v) is 19.1. The lowest BCUT2D eigenvalue weighted by Gasteiger charge is -2.20. The van der Waals surface area contributed by atoms with Crippen molar-refractivity contribution >= 4 is 45.6 Å². The molecule has 6 nitrogen and oxygen atoms in total. The highest BCUT2D eigenvalue weighted by atomic mass is 32.2. The molecule has 168 valence electrons. The van der Waals surface area contributed by atoms with Crippen LogP contribution in [0.3, 0.4) is 0 Å². The smallest absolute Gasteiger partial charge is 0.330 e. The lowest BCUT2D eigenvalue weighted by atomic mass is 10.1. The van der Waals surface area contributed by atoms with Crippen molar-refractivity contribution in [3.63, 3.8) is 0 Å². The molecular weight excluding hydrogens is 458 g/mol. The molecule has 3 aromatic carbocycles. The number of hydrogen-bond acceptors (Lipinski definition) is 6. The van der Waals surface area contributed by atoms with E-state index in [1.807, 2.05) is 0 Å². The van der Waals surface area contributed by atoms with Crippen molar-refractivity contribution in [1.29, 1.82) is 0 Å². The van der Waals surface area contributed by atoms with Gasteiger partial charge in [0.15, 0.2) is 6.04 Å². The summed E-state index contributed by atoms with van der Waals surface area (Å²) in [6.07, 6.45) is 0. The van der Waals surface area contributed by atoms with Crippen LogP contribution >= 0.6 is 23.5 Å². The summed E-state index contributed by atoms with van der Waals surface area (Å²) in [6.45, 7) is 0. The molecule has 8 heteroatoms. The second kappa shape index (κ2) is 12.0. The van der Waals surface area contributed by atoms with Crippen molar-refractivity contribution < 1.29 is 24.3 Å². The lowest BCUT2D eigenvalue weighted by Crippen LogP contribution is -2.40. The molecule has 2 unspecified atom stereocenters. The summed E-state index contributed by atoms with van der Waals surface area (Å²) in [5, 5.41) is 10.6. The number of hydrogen-bond donors (Lipinski definition) is 2. The number of carboxylic acids is 1. The zero-order chi connectivity index (χ0) is 23.6. The predicted molar refractivity (Wildman–Crippen MR) is 130 cm³/mol. The third-order valence-electron chi connectivity index (χ3n) is 4.59. The Hall–Kier alpha value is -3.36. The number of benzene rings is 3. The van der Waals surface area contributed by atoms with Gasteiger partial charge in [0.2, 0.25) is 16.1 Å². The summed E-state index contributed by atoms with van der Waals surface area (Å²) >= 11 is 1.69. The zero-order valence-electron chi connectivity index (χ0n) is 17.4.